The Bertz CT molecular complexity index is 938. The lowest BCUT2D eigenvalue weighted by Gasteiger charge is -2.31. The van der Waals surface area contributed by atoms with Crippen LogP contribution in [0.3, 0.4) is 0 Å². The number of halogens is 3. The maximum atomic E-state index is 12.4. The monoisotopic (exact) mass is 486 g/mol. The minimum atomic E-state index is -4.35. The molecule has 33 heavy (non-hydrogen) atoms. The molecule has 0 amide bonds. The van der Waals surface area contributed by atoms with Crippen molar-refractivity contribution in [2.45, 2.75) is 71.0 Å². The first kappa shape index (κ1) is 24.1. The van der Waals surface area contributed by atoms with Crippen LogP contribution in [0, 0.1) is 18.8 Å². The van der Waals surface area contributed by atoms with E-state index in [-0.39, 0.29) is 17.4 Å². The normalized spacial score (nSPS) is 21.7. The Morgan fingerprint density at radius 3 is 2.67 bits per heavy atom. The zero-order valence-electron chi connectivity index (χ0n) is 18.7. The molecule has 2 aliphatic rings. The van der Waals surface area contributed by atoms with Crippen molar-refractivity contribution >= 4 is 17.1 Å². The molecule has 1 aliphatic carbocycles. The van der Waals surface area contributed by atoms with Gasteiger partial charge in [-0.15, -0.1) is 10.2 Å². The molecule has 0 atom stereocenters. The molecule has 0 bridgehead atoms. The summed E-state index contributed by atoms with van der Waals surface area (Å²) in [6.45, 7) is 2.94. The van der Waals surface area contributed by atoms with E-state index in [9.17, 15) is 18.0 Å². The number of hydrogen-bond donors (Lipinski definition) is 0. The lowest BCUT2D eigenvalue weighted by Crippen LogP contribution is -2.32. The highest BCUT2D eigenvalue weighted by molar-refractivity contribution is 7.13. The number of ether oxygens (including phenoxy) is 1. The molecule has 4 rings (SSSR count). The molecule has 0 N–H and O–H groups in total. The summed E-state index contributed by atoms with van der Waals surface area (Å²) >= 11 is 1.23. The fourth-order valence-corrected chi connectivity index (χ4v) is 5.59. The van der Waals surface area contributed by atoms with Crippen molar-refractivity contribution in [3.8, 4) is 5.19 Å². The van der Waals surface area contributed by atoms with Crippen molar-refractivity contribution in [1.82, 2.24) is 20.1 Å². The quantitative estimate of drug-likeness (QED) is 0.515. The number of nitrogens with zero attached hydrogens (tertiary/aromatic N) is 4. The van der Waals surface area contributed by atoms with E-state index in [0.29, 0.717) is 36.6 Å². The number of alkyl halides is 3. The minimum absolute atomic E-state index is 0.112. The third-order valence-electron chi connectivity index (χ3n) is 6.40. The second kappa shape index (κ2) is 10.5. The van der Waals surface area contributed by atoms with Crippen molar-refractivity contribution in [2.75, 3.05) is 19.7 Å². The third-order valence-corrected chi connectivity index (χ3v) is 7.47. The van der Waals surface area contributed by atoms with Gasteiger partial charge in [-0.2, -0.15) is 13.2 Å². The maximum absolute atomic E-state index is 12.4. The van der Waals surface area contributed by atoms with Gasteiger partial charge in [0.25, 0.3) is 5.19 Å². The molecule has 7 nitrogen and oxygen atoms in total. The van der Waals surface area contributed by atoms with E-state index in [0.717, 1.165) is 62.2 Å². The average molecular weight is 487 g/mol. The Labute approximate surface area is 194 Å². The fraction of sp³-hybridized carbons (Fsp3) is 0.727. The molecule has 0 unspecified atom stereocenters. The molecule has 0 spiro atoms. The number of rotatable bonds is 9. The van der Waals surface area contributed by atoms with Crippen LogP contribution in [-0.4, -0.2) is 51.7 Å². The number of aromatic nitrogens is 3. The minimum Gasteiger partial charge on any atom is -0.460 e. The van der Waals surface area contributed by atoms with Gasteiger partial charge in [0.15, 0.2) is 6.61 Å². The summed E-state index contributed by atoms with van der Waals surface area (Å²) in [4.78, 5) is 19.9. The Hall–Kier alpha value is -2.01. The molecule has 11 heteroatoms. The number of aryl methyl sites for hydroxylation is 1. The summed E-state index contributed by atoms with van der Waals surface area (Å²) in [5, 5.41) is 7.77. The summed E-state index contributed by atoms with van der Waals surface area (Å²) in [7, 11) is 0. The lowest BCUT2D eigenvalue weighted by atomic mass is 9.78. The standard InChI is InChI=1S/C22H29F3N4O3S/c1-14-27-28-20(32-14)11-17(30)10-16-4-2-15(3-5-16)6-8-29-9-7-19-18(12-29)26-21(33-19)31-13-22(23,24)25/h15-16H,2-13H2,1H3. The first-order valence-electron chi connectivity index (χ1n) is 11.4. The molecule has 1 fully saturated rings. The van der Waals surface area contributed by atoms with Crippen LogP contribution < -0.4 is 4.74 Å². The molecule has 0 radical (unpaired) electrons. The molecule has 2 aromatic heterocycles. The van der Waals surface area contributed by atoms with Crippen LogP contribution in [0.2, 0.25) is 0 Å². The summed E-state index contributed by atoms with van der Waals surface area (Å²) in [5.41, 5.74) is 0.849. The Morgan fingerprint density at radius 1 is 1.21 bits per heavy atom. The maximum Gasteiger partial charge on any atom is 0.422 e. The molecule has 1 saturated carbocycles. The van der Waals surface area contributed by atoms with Gasteiger partial charge in [-0.05, 0) is 44.1 Å². The van der Waals surface area contributed by atoms with Crippen LogP contribution in [0.4, 0.5) is 13.2 Å². The lowest BCUT2D eigenvalue weighted by molar-refractivity contribution is -0.153. The summed E-state index contributed by atoms with van der Waals surface area (Å²) in [6, 6.07) is 0. The van der Waals surface area contributed by atoms with Crippen LogP contribution in [0.5, 0.6) is 5.19 Å². The van der Waals surface area contributed by atoms with Crippen molar-refractivity contribution < 1.29 is 27.1 Å². The van der Waals surface area contributed by atoms with Gasteiger partial charge in [0.2, 0.25) is 11.8 Å². The number of fused-ring (bicyclic) bond motifs is 1. The Kier molecular flexibility index (Phi) is 7.68. The van der Waals surface area contributed by atoms with E-state index in [1.54, 1.807) is 6.92 Å². The van der Waals surface area contributed by atoms with Gasteiger partial charge < -0.3 is 9.15 Å². The van der Waals surface area contributed by atoms with E-state index in [1.165, 1.54) is 11.3 Å². The van der Waals surface area contributed by atoms with Gasteiger partial charge in [0.05, 0.1) is 12.1 Å². The highest BCUT2D eigenvalue weighted by atomic mass is 32.1. The van der Waals surface area contributed by atoms with Crippen LogP contribution in [-0.2, 0) is 24.2 Å². The van der Waals surface area contributed by atoms with E-state index < -0.39 is 12.8 Å². The molecule has 3 heterocycles. The zero-order valence-corrected chi connectivity index (χ0v) is 19.5. The van der Waals surface area contributed by atoms with Gasteiger partial charge in [0, 0.05) is 31.3 Å². The van der Waals surface area contributed by atoms with Gasteiger partial charge in [-0.1, -0.05) is 24.2 Å². The number of thiazole rings is 1. The summed E-state index contributed by atoms with van der Waals surface area (Å²) in [6.07, 6.45) is 2.73. The molecule has 0 saturated heterocycles. The molecular formula is C22H29F3N4O3S. The first-order valence-corrected chi connectivity index (χ1v) is 12.3. The van der Waals surface area contributed by atoms with Crippen molar-refractivity contribution in [1.29, 1.82) is 0 Å². The highest BCUT2D eigenvalue weighted by Crippen LogP contribution is 2.34. The number of ketones is 1. The number of hydrogen-bond acceptors (Lipinski definition) is 8. The number of carbonyl (C=O) groups excluding carboxylic acids is 1. The van der Waals surface area contributed by atoms with Crippen LogP contribution in [0.25, 0.3) is 0 Å². The van der Waals surface area contributed by atoms with Crippen molar-refractivity contribution in [3.05, 3.63) is 22.4 Å². The first-order chi connectivity index (χ1) is 15.7. The molecule has 0 aromatic carbocycles. The van der Waals surface area contributed by atoms with Crippen molar-refractivity contribution in [3.63, 3.8) is 0 Å². The second-order valence-corrected chi connectivity index (χ2v) is 10.1. The van der Waals surface area contributed by atoms with E-state index in [1.807, 2.05) is 0 Å². The van der Waals surface area contributed by atoms with E-state index >= 15 is 0 Å². The van der Waals surface area contributed by atoms with Crippen LogP contribution in [0.1, 0.15) is 60.9 Å². The number of Topliss-reactive ketones (excluding diaryl/α,β-unsaturated/α-hetero) is 1. The Morgan fingerprint density at radius 2 is 1.97 bits per heavy atom. The van der Waals surface area contributed by atoms with Gasteiger partial charge >= 0.3 is 6.18 Å². The van der Waals surface area contributed by atoms with Gasteiger partial charge in [0.1, 0.15) is 5.78 Å². The van der Waals surface area contributed by atoms with Gasteiger partial charge in [-0.25, -0.2) is 4.98 Å². The predicted octanol–water partition coefficient (Wildman–Crippen LogP) is 4.53. The summed E-state index contributed by atoms with van der Waals surface area (Å²) in [5.74, 6) is 2.12. The summed E-state index contributed by atoms with van der Waals surface area (Å²) < 4.78 is 47.2. The second-order valence-electron chi connectivity index (χ2n) is 9.09. The SMILES string of the molecule is Cc1nnc(CC(=O)CC2CCC(CCN3CCc4sc(OCC(F)(F)F)nc4C3)CC2)o1. The van der Waals surface area contributed by atoms with Crippen LogP contribution in [0.15, 0.2) is 4.42 Å². The largest absolute Gasteiger partial charge is 0.460 e. The molecular weight excluding hydrogens is 457 g/mol. The fourth-order valence-electron chi connectivity index (χ4n) is 4.69. The molecule has 1 aliphatic heterocycles. The predicted molar refractivity (Wildman–Crippen MR) is 115 cm³/mol. The van der Waals surface area contributed by atoms with Crippen molar-refractivity contribution in [2.24, 2.45) is 11.8 Å². The van der Waals surface area contributed by atoms with E-state index in [2.05, 4.69) is 20.1 Å². The Balaban J connectivity index is 1.15. The van der Waals surface area contributed by atoms with Gasteiger partial charge in [-0.3, -0.25) is 9.69 Å². The number of carbonyl (C=O) groups is 1. The highest BCUT2D eigenvalue weighted by Gasteiger charge is 2.30. The average Bonchev–Trinajstić information content (AvgIpc) is 3.36. The zero-order chi connectivity index (χ0) is 23.4. The topological polar surface area (TPSA) is 81.4 Å². The van der Waals surface area contributed by atoms with Crippen LogP contribution >= 0.6 is 11.3 Å². The third kappa shape index (κ3) is 7.23. The molecule has 2 aromatic rings. The van der Waals surface area contributed by atoms with E-state index in [4.69, 9.17) is 9.15 Å². The smallest absolute Gasteiger partial charge is 0.422 e. The molecule has 182 valence electrons.